The van der Waals surface area contributed by atoms with E-state index in [9.17, 15) is 9.59 Å². The number of piperazine rings is 1. The van der Waals surface area contributed by atoms with Crippen molar-refractivity contribution in [2.45, 2.75) is 53.0 Å². The second-order valence-electron chi connectivity index (χ2n) is 12.3. The van der Waals surface area contributed by atoms with E-state index in [0.717, 1.165) is 73.3 Å². The van der Waals surface area contributed by atoms with Gasteiger partial charge in [-0.05, 0) is 81.1 Å². The van der Waals surface area contributed by atoms with E-state index >= 15 is 0 Å². The Labute approximate surface area is 259 Å². The van der Waals surface area contributed by atoms with Gasteiger partial charge >= 0.3 is 0 Å². The number of anilines is 3. The first-order valence-electron chi connectivity index (χ1n) is 15.8. The molecule has 0 radical (unpaired) electrons. The molecule has 2 aliphatic rings. The Morgan fingerprint density at radius 2 is 1.77 bits per heavy atom. The van der Waals surface area contributed by atoms with E-state index in [4.69, 9.17) is 9.97 Å². The van der Waals surface area contributed by atoms with Crippen LogP contribution in [0.5, 0.6) is 0 Å². The van der Waals surface area contributed by atoms with Gasteiger partial charge in [-0.1, -0.05) is 31.2 Å². The van der Waals surface area contributed by atoms with Crippen LogP contribution in [0.2, 0.25) is 0 Å². The van der Waals surface area contributed by atoms with E-state index in [1.165, 1.54) is 11.3 Å². The van der Waals surface area contributed by atoms with Gasteiger partial charge in [0.25, 0.3) is 5.56 Å². The molecule has 2 aromatic carbocycles. The number of carbonyl (C=O) groups excluding carboxylic acids is 1. The molecule has 1 amide bonds. The smallest absolute Gasteiger partial charge is 0.260 e. The molecule has 0 aliphatic carbocycles. The predicted molar refractivity (Wildman–Crippen MR) is 178 cm³/mol. The average molecular weight is 594 g/mol. The van der Waals surface area contributed by atoms with Crippen molar-refractivity contribution in [3.63, 3.8) is 0 Å². The van der Waals surface area contributed by atoms with E-state index in [-0.39, 0.29) is 17.5 Å². The predicted octanol–water partition coefficient (Wildman–Crippen LogP) is 5.45. The number of likely N-dealkylation sites (N-methyl/N-ethyl adjacent to an activating group) is 1. The number of carbonyl (C=O) groups is 1. The minimum atomic E-state index is -0.175. The third kappa shape index (κ3) is 5.68. The van der Waals surface area contributed by atoms with Crippen molar-refractivity contribution >= 4 is 34.3 Å². The van der Waals surface area contributed by atoms with Gasteiger partial charge in [-0.15, -0.1) is 0 Å². The maximum absolute atomic E-state index is 14.5. The van der Waals surface area contributed by atoms with Crippen LogP contribution in [0.1, 0.15) is 48.9 Å². The van der Waals surface area contributed by atoms with Crippen molar-refractivity contribution in [3.8, 4) is 11.1 Å². The van der Waals surface area contributed by atoms with Gasteiger partial charge in [-0.3, -0.25) is 14.2 Å². The highest BCUT2D eigenvalue weighted by Crippen LogP contribution is 2.32. The summed E-state index contributed by atoms with van der Waals surface area (Å²) >= 11 is 0. The van der Waals surface area contributed by atoms with Gasteiger partial charge < -0.3 is 20.0 Å². The number of aryl methyl sites for hydroxylation is 3. The number of aromatic nitrogens is 3. The fourth-order valence-corrected chi connectivity index (χ4v) is 6.78. The van der Waals surface area contributed by atoms with Gasteiger partial charge in [-0.2, -0.15) is 4.98 Å². The first kappa shape index (κ1) is 29.8. The Bertz CT molecular complexity index is 1760. The number of benzene rings is 2. The third-order valence-corrected chi connectivity index (χ3v) is 9.34. The minimum Gasteiger partial charge on any atom is -0.369 e. The maximum atomic E-state index is 14.5. The van der Waals surface area contributed by atoms with Crippen LogP contribution in [0.4, 0.5) is 17.3 Å². The lowest BCUT2D eigenvalue weighted by Crippen LogP contribution is -2.44. The lowest BCUT2D eigenvalue weighted by molar-refractivity contribution is -0.132. The SMILES string of the molecule is CCC(=O)N1CCCC(n2c(=O)c(-c3ccccc3C)c(C)c3cnc(Nc4ccc(N5CCN(C)CC5)c(C)c4)nc32)C1. The fraction of sp³-hybridized carbons (Fsp3) is 0.429. The quantitative estimate of drug-likeness (QED) is 0.318. The van der Waals surface area contributed by atoms with Crippen LogP contribution >= 0.6 is 0 Å². The zero-order valence-electron chi connectivity index (χ0n) is 26.6. The number of pyridine rings is 1. The molecule has 0 saturated carbocycles. The number of nitrogens with zero attached hydrogens (tertiary/aromatic N) is 6. The van der Waals surface area contributed by atoms with Gasteiger partial charge in [-0.25, -0.2) is 4.98 Å². The molecule has 9 nitrogen and oxygen atoms in total. The molecule has 44 heavy (non-hydrogen) atoms. The van der Waals surface area contributed by atoms with Crippen molar-refractivity contribution in [2.24, 2.45) is 0 Å². The average Bonchev–Trinajstić information content (AvgIpc) is 3.02. The Morgan fingerprint density at radius 1 is 1.00 bits per heavy atom. The van der Waals surface area contributed by atoms with E-state index < -0.39 is 0 Å². The van der Waals surface area contributed by atoms with Gasteiger partial charge in [0.1, 0.15) is 5.65 Å². The molecular weight excluding hydrogens is 550 g/mol. The number of nitrogens with one attached hydrogen (secondary N) is 1. The van der Waals surface area contributed by atoms with E-state index in [1.54, 1.807) is 0 Å². The molecule has 230 valence electrons. The number of hydrogen-bond acceptors (Lipinski definition) is 7. The highest BCUT2D eigenvalue weighted by atomic mass is 16.2. The lowest BCUT2D eigenvalue weighted by atomic mass is 9.95. The second-order valence-corrected chi connectivity index (χ2v) is 12.3. The molecule has 0 bridgehead atoms. The highest BCUT2D eigenvalue weighted by Gasteiger charge is 2.29. The first-order valence-corrected chi connectivity index (χ1v) is 15.8. The number of rotatable bonds is 6. The van der Waals surface area contributed by atoms with Crippen LogP contribution < -0.4 is 15.8 Å². The molecule has 6 rings (SSSR count). The number of fused-ring (bicyclic) bond motifs is 1. The van der Waals surface area contributed by atoms with Crippen molar-refractivity contribution in [3.05, 3.63) is 75.7 Å². The van der Waals surface area contributed by atoms with Crippen molar-refractivity contribution in [1.82, 2.24) is 24.3 Å². The largest absolute Gasteiger partial charge is 0.369 e. The minimum absolute atomic E-state index is 0.0721. The van der Waals surface area contributed by atoms with Gasteiger partial charge in [0.15, 0.2) is 0 Å². The van der Waals surface area contributed by atoms with Crippen molar-refractivity contribution in [1.29, 1.82) is 0 Å². The van der Waals surface area contributed by atoms with Gasteiger partial charge in [0, 0.05) is 68.6 Å². The van der Waals surface area contributed by atoms with Crippen LogP contribution in [-0.2, 0) is 4.79 Å². The van der Waals surface area contributed by atoms with Gasteiger partial charge in [0.2, 0.25) is 11.9 Å². The summed E-state index contributed by atoms with van der Waals surface area (Å²) in [6, 6.07) is 14.2. The molecule has 0 spiro atoms. The first-order chi connectivity index (χ1) is 21.2. The zero-order chi connectivity index (χ0) is 31.0. The molecule has 2 saturated heterocycles. The second kappa shape index (κ2) is 12.4. The molecule has 2 aliphatic heterocycles. The molecule has 1 atom stereocenters. The molecular formula is C35H43N7O2. The fourth-order valence-electron chi connectivity index (χ4n) is 6.78. The van der Waals surface area contributed by atoms with Crippen molar-refractivity contribution in [2.75, 3.05) is 56.5 Å². The van der Waals surface area contributed by atoms with Crippen molar-refractivity contribution < 1.29 is 4.79 Å². The number of piperidine rings is 1. The van der Waals surface area contributed by atoms with Gasteiger partial charge in [0.05, 0.1) is 11.6 Å². The maximum Gasteiger partial charge on any atom is 0.260 e. The summed E-state index contributed by atoms with van der Waals surface area (Å²) in [6.45, 7) is 13.4. The van der Waals surface area contributed by atoms with E-state index in [2.05, 4.69) is 47.3 Å². The van der Waals surface area contributed by atoms with Crippen LogP contribution in [0, 0.1) is 20.8 Å². The Kier molecular flexibility index (Phi) is 8.40. The molecule has 2 aromatic heterocycles. The highest BCUT2D eigenvalue weighted by molar-refractivity contribution is 5.87. The lowest BCUT2D eigenvalue weighted by Gasteiger charge is -2.35. The third-order valence-electron chi connectivity index (χ3n) is 9.34. The monoisotopic (exact) mass is 593 g/mol. The normalized spacial score (nSPS) is 17.7. The topological polar surface area (TPSA) is 86.6 Å². The summed E-state index contributed by atoms with van der Waals surface area (Å²) in [7, 11) is 2.17. The molecule has 1 N–H and O–H groups in total. The molecule has 4 aromatic rings. The summed E-state index contributed by atoms with van der Waals surface area (Å²) in [5, 5.41) is 4.25. The zero-order valence-corrected chi connectivity index (χ0v) is 26.6. The molecule has 2 fully saturated rings. The molecule has 4 heterocycles. The summed E-state index contributed by atoms with van der Waals surface area (Å²) in [6.07, 6.45) is 3.93. The summed E-state index contributed by atoms with van der Waals surface area (Å²) in [5.74, 6) is 0.559. The number of amides is 1. The van der Waals surface area contributed by atoms with Crippen LogP contribution in [0.3, 0.4) is 0 Å². The standard InChI is InChI=1S/C35H43N7O2/c1-6-31(43)41-15-9-11-27(22-41)42-33-29(25(4)32(34(42)44)28-12-8-7-10-23(28)2)21-36-35(38-33)37-26-13-14-30(24(3)20-26)40-18-16-39(5)17-19-40/h7-8,10,12-14,20-21,27H,6,9,11,15-19,22H2,1-5H3,(H,36,37,38). The van der Waals surface area contributed by atoms with Crippen LogP contribution in [0.25, 0.3) is 22.2 Å². The van der Waals surface area contributed by atoms with E-state index in [0.29, 0.717) is 30.1 Å². The van der Waals surface area contributed by atoms with Crippen LogP contribution in [-0.4, -0.2) is 76.6 Å². The summed E-state index contributed by atoms with van der Waals surface area (Å²) in [5.41, 5.74) is 7.38. The van der Waals surface area contributed by atoms with E-state index in [1.807, 2.05) is 60.7 Å². The summed E-state index contributed by atoms with van der Waals surface area (Å²) in [4.78, 5) is 43.6. The number of likely N-dealkylation sites (tertiary alicyclic amines) is 1. The number of hydrogen-bond donors (Lipinski definition) is 1. The molecule has 9 heteroatoms. The Balaban J connectivity index is 1.42. The molecule has 1 unspecified atom stereocenters. The Hall–Kier alpha value is -4.24. The summed E-state index contributed by atoms with van der Waals surface area (Å²) < 4.78 is 1.84. The van der Waals surface area contributed by atoms with Crippen LogP contribution in [0.15, 0.2) is 53.5 Å². The Morgan fingerprint density at radius 3 is 2.50 bits per heavy atom.